The molecule has 2 rings (SSSR count). The van der Waals surface area contributed by atoms with Crippen LogP contribution >= 0.6 is 24.2 Å². The highest BCUT2D eigenvalue weighted by Crippen LogP contribution is 2.33. The van der Waals surface area contributed by atoms with E-state index in [0.29, 0.717) is 13.1 Å². The van der Waals surface area contributed by atoms with Crippen LogP contribution in [0.25, 0.3) is 0 Å². The number of carbonyl (C=O) groups is 3. The number of nitrogens with one attached hydrogen (secondary N) is 1. The molecule has 1 atom stereocenters. The zero-order chi connectivity index (χ0) is 21.1. The molecule has 154 valence electrons. The standard InChI is InChI=1S/C17H18ClF3N2O4S/c1-23-8-6-16(28,7-9-23)12(14(25)27-15(26)17(19,20)21)22-13(24)10-4-2-3-5-11(10)18/h2-5,12,28H,6-9H2,1H3,(H,22,24)/t12-/m0/s1. The first-order valence-electron chi connectivity index (χ1n) is 8.23. The van der Waals surface area contributed by atoms with Crippen LogP contribution in [-0.2, 0) is 14.3 Å². The smallest absolute Gasteiger partial charge is 0.385 e. The summed E-state index contributed by atoms with van der Waals surface area (Å²) < 4.78 is 40.2. The highest BCUT2D eigenvalue weighted by molar-refractivity contribution is 7.82. The predicted molar refractivity (Wildman–Crippen MR) is 98.3 cm³/mol. The normalized spacial score (nSPS) is 18.2. The van der Waals surface area contributed by atoms with Gasteiger partial charge in [0.05, 0.1) is 10.6 Å². The van der Waals surface area contributed by atoms with Crippen LogP contribution in [0.3, 0.4) is 0 Å². The summed E-state index contributed by atoms with van der Waals surface area (Å²) in [6.07, 6.45) is -4.80. The van der Waals surface area contributed by atoms with Crippen molar-refractivity contribution in [1.82, 2.24) is 10.2 Å². The van der Waals surface area contributed by atoms with Crippen LogP contribution in [0.2, 0.25) is 5.02 Å². The van der Waals surface area contributed by atoms with E-state index in [1.54, 1.807) is 6.07 Å². The highest BCUT2D eigenvalue weighted by atomic mass is 35.5. The molecule has 1 N–H and O–H groups in total. The minimum absolute atomic E-state index is 0.0222. The van der Waals surface area contributed by atoms with Gasteiger partial charge in [-0.25, -0.2) is 9.59 Å². The van der Waals surface area contributed by atoms with Gasteiger partial charge in [0.15, 0.2) is 0 Å². The Morgan fingerprint density at radius 2 is 1.82 bits per heavy atom. The maximum Gasteiger partial charge on any atom is 0.491 e. The van der Waals surface area contributed by atoms with E-state index in [1.165, 1.54) is 18.2 Å². The van der Waals surface area contributed by atoms with Crippen molar-refractivity contribution in [3.8, 4) is 0 Å². The molecular weight excluding hydrogens is 421 g/mol. The number of piperidine rings is 1. The molecule has 1 aromatic rings. The Bertz CT molecular complexity index is 767. The van der Waals surface area contributed by atoms with Crippen molar-refractivity contribution in [2.24, 2.45) is 0 Å². The second kappa shape index (κ2) is 8.71. The number of carbonyl (C=O) groups excluding carboxylic acids is 3. The van der Waals surface area contributed by atoms with Crippen LogP contribution in [0.5, 0.6) is 0 Å². The molecule has 1 heterocycles. The number of benzene rings is 1. The Morgan fingerprint density at radius 3 is 2.36 bits per heavy atom. The van der Waals surface area contributed by atoms with E-state index in [9.17, 15) is 27.6 Å². The summed E-state index contributed by atoms with van der Waals surface area (Å²) in [5.74, 6) is -4.97. The van der Waals surface area contributed by atoms with Crippen molar-refractivity contribution in [3.63, 3.8) is 0 Å². The Hall–Kier alpha value is -1.78. The van der Waals surface area contributed by atoms with E-state index >= 15 is 0 Å². The second-order valence-corrected chi connectivity index (χ2v) is 7.80. The molecule has 0 bridgehead atoms. The number of ether oxygens (including phenoxy) is 1. The second-order valence-electron chi connectivity index (χ2n) is 6.50. The van der Waals surface area contributed by atoms with E-state index in [0.717, 1.165) is 0 Å². The molecule has 1 aromatic carbocycles. The number of likely N-dealkylation sites (tertiary alicyclic amines) is 1. The number of rotatable bonds is 4. The van der Waals surface area contributed by atoms with Gasteiger partial charge in [-0.15, -0.1) is 0 Å². The van der Waals surface area contributed by atoms with E-state index < -0.39 is 34.8 Å². The molecule has 1 saturated heterocycles. The van der Waals surface area contributed by atoms with Gasteiger partial charge in [0, 0.05) is 4.75 Å². The van der Waals surface area contributed by atoms with Crippen LogP contribution in [0, 0.1) is 0 Å². The maximum absolute atomic E-state index is 12.6. The zero-order valence-corrected chi connectivity index (χ0v) is 16.4. The van der Waals surface area contributed by atoms with Crippen molar-refractivity contribution in [3.05, 3.63) is 34.9 Å². The molecular formula is C17H18ClF3N2O4S. The van der Waals surface area contributed by atoms with Gasteiger partial charge >= 0.3 is 18.1 Å². The van der Waals surface area contributed by atoms with Crippen molar-refractivity contribution >= 4 is 42.1 Å². The molecule has 11 heteroatoms. The molecule has 0 saturated carbocycles. The first-order valence-corrected chi connectivity index (χ1v) is 9.06. The zero-order valence-electron chi connectivity index (χ0n) is 14.8. The first kappa shape index (κ1) is 22.5. The predicted octanol–water partition coefficient (Wildman–Crippen LogP) is 2.46. The molecule has 28 heavy (non-hydrogen) atoms. The number of hydrogen-bond donors (Lipinski definition) is 2. The molecule has 0 radical (unpaired) electrons. The highest BCUT2D eigenvalue weighted by Gasteiger charge is 2.48. The molecule has 0 unspecified atom stereocenters. The number of thiol groups is 1. The third-order valence-corrected chi connectivity index (χ3v) is 5.48. The van der Waals surface area contributed by atoms with Crippen molar-refractivity contribution < 1.29 is 32.3 Å². The molecule has 6 nitrogen and oxygen atoms in total. The fourth-order valence-corrected chi connectivity index (χ4v) is 3.36. The van der Waals surface area contributed by atoms with E-state index in [1.807, 2.05) is 11.9 Å². The lowest BCUT2D eigenvalue weighted by molar-refractivity contribution is -0.202. The van der Waals surface area contributed by atoms with E-state index in [-0.39, 0.29) is 23.4 Å². The number of halogens is 4. The molecule has 1 fully saturated rings. The first-order chi connectivity index (χ1) is 12.9. The Morgan fingerprint density at radius 1 is 1.25 bits per heavy atom. The van der Waals surface area contributed by atoms with Crippen LogP contribution in [-0.4, -0.2) is 59.8 Å². The average Bonchev–Trinajstić information content (AvgIpc) is 2.61. The lowest BCUT2D eigenvalue weighted by Gasteiger charge is -2.41. The van der Waals surface area contributed by atoms with Gasteiger partial charge in [0.25, 0.3) is 5.91 Å². The topological polar surface area (TPSA) is 75.7 Å². The Balaban J connectivity index is 2.28. The summed E-state index contributed by atoms with van der Waals surface area (Å²) in [4.78, 5) is 38.0. The van der Waals surface area contributed by atoms with Gasteiger partial charge in [0.2, 0.25) is 0 Å². The molecule has 1 amide bonds. The minimum Gasteiger partial charge on any atom is -0.385 e. The van der Waals surface area contributed by atoms with Crippen molar-refractivity contribution in [2.45, 2.75) is 29.8 Å². The fourth-order valence-electron chi connectivity index (χ4n) is 2.77. The number of alkyl halides is 3. The van der Waals surface area contributed by atoms with Gasteiger partial charge in [0.1, 0.15) is 6.04 Å². The average molecular weight is 439 g/mol. The lowest BCUT2D eigenvalue weighted by atomic mass is 9.88. The van der Waals surface area contributed by atoms with Gasteiger partial charge in [-0.05, 0) is 45.1 Å². The molecule has 0 aliphatic carbocycles. The monoisotopic (exact) mass is 438 g/mol. The summed E-state index contributed by atoms with van der Waals surface area (Å²) in [5.41, 5.74) is 0.0222. The lowest BCUT2D eigenvalue weighted by Crippen LogP contribution is -2.59. The molecule has 0 spiro atoms. The van der Waals surface area contributed by atoms with Gasteiger partial charge < -0.3 is 15.0 Å². The van der Waals surface area contributed by atoms with Gasteiger partial charge in [-0.3, -0.25) is 4.79 Å². The van der Waals surface area contributed by atoms with Crippen LogP contribution in [0.15, 0.2) is 24.3 Å². The Labute approximate surface area is 169 Å². The fraction of sp³-hybridized carbons (Fsp3) is 0.471. The number of amides is 1. The van der Waals surface area contributed by atoms with E-state index in [4.69, 9.17) is 11.6 Å². The SMILES string of the molecule is CN1CCC(S)([C@@H](NC(=O)c2ccccc2Cl)C(=O)OC(=O)C(F)(F)F)CC1. The molecule has 1 aliphatic rings. The van der Waals surface area contributed by atoms with Crippen LogP contribution < -0.4 is 5.32 Å². The summed E-state index contributed by atoms with van der Waals surface area (Å²) in [7, 11) is 1.83. The summed E-state index contributed by atoms with van der Waals surface area (Å²) in [6.45, 7) is 0.977. The molecule has 0 aromatic heterocycles. The summed E-state index contributed by atoms with van der Waals surface area (Å²) in [5, 5.41) is 2.44. The minimum atomic E-state index is -5.34. The number of hydrogen-bond acceptors (Lipinski definition) is 6. The van der Waals surface area contributed by atoms with Crippen LogP contribution in [0.4, 0.5) is 13.2 Å². The van der Waals surface area contributed by atoms with Gasteiger partial charge in [-0.2, -0.15) is 25.8 Å². The largest absolute Gasteiger partial charge is 0.491 e. The number of esters is 2. The quantitative estimate of drug-likeness (QED) is 0.429. The van der Waals surface area contributed by atoms with Crippen molar-refractivity contribution in [1.29, 1.82) is 0 Å². The van der Waals surface area contributed by atoms with Crippen molar-refractivity contribution in [2.75, 3.05) is 20.1 Å². The van der Waals surface area contributed by atoms with Gasteiger partial charge in [-0.1, -0.05) is 23.7 Å². The number of nitrogens with zero attached hydrogens (tertiary/aromatic N) is 1. The summed E-state index contributed by atoms with van der Waals surface area (Å²) in [6, 6.07) is 4.38. The third-order valence-electron chi connectivity index (χ3n) is 4.44. The maximum atomic E-state index is 12.6. The summed E-state index contributed by atoms with van der Waals surface area (Å²) >= 11 is 10.4. The van der Waals surface area contributed by atoms with E-state index in [2.05, 4.69) is 22.7 Å². The third kappa shape index (κ3) is 5.39. The van der Waals surface area contributed by atoms with Crippen LogP contribution in [0.1, 0.15) is 23.2 Å². The Kier molecular flexibility index (Phi) is 7.00. The molecule has 1 aliphatic heterocycles.